The van der Waals surface area contributed by atoms with Gasteiger partial charge < -0.3 is 4.74 Å². The number of methoxy groups -OCH3 is 1. The maximum atomic E-state index is 13.2. The topological polar surface area (TPSA) is 49.9 Å². The summed E-state index contributed by atoms with van der Waals surface area (Å²) in [5.41, 5.74) is 3.19. The van der Waals surface area contributed by atoms with Gasteiger partial charge in [0.05, 0.1) is 12.8 Å². The SMILES string of the molecule is COc1ccc(-c2cccc(C(=O)N3C(=O)CCN3c3ccccc3)c2)cc1. The van der Waals surface area contributed by atoms with Crippen LogP contribution in [-0.2, 0) is 4.79 Å². The molecule has 28 heavy (non-hydrogen) atoms. The first-order valence-corrected chi connectivity index (χ1v) is 9.11. The summed E-state index contributed by atoms with van der Waals surface area (Å²) >= 11 is 0. The summed E-state index contributed by atoms with van der Waals surface area (Å²) < 4.78 is 5.20. The van der Waals surface area contributed by atoms with Crippen LogP contribution in [0.2, 0.25) is 0 Å². The number of benzene rings is 3. The normalized spacial score (nSPS) is 13.7. The fraction of sp³-hybridized carbons (Fsp3) is 0.130. The Hall–Kier alpha value is -3.60. The van der Waals surface area contributed by atoms with Gasteiger partial charge in [-0.1, -0.05) is 42.5 Å². The lowest BCUT2D eigenvalue weighted by Crippen LogP contribution is -2.43. The number of rotatable bonds is 4. The molecule has 0 aliphatic carbocycles. The van der Waals surface area contributed by atoms with Crippen molar-refractivity contribution in [1.29, 1.82) is 0 Å². The van der Waals surface area contributed by atoms with E-state index >= 15 is 0 Å². The predicted octanol–water partition coefficient (Wildman–Crippen LogP) is 4.16. The quantitative estimate of drug-likeness (QED) is 0.646. The van der Waals surface area contributed by atoms with Crippen LogP contribution in [-0.4, -0.2) is 30.5 Å². The zero-order chi connectivity index (χ0) is 19.5. The molecule has 3 aromatic carbocycles. The second-order valence-electron chi connectivity index (χ2n) is 6.53. The molecule has 0 saturated carbocycles. The minimum absolute atomic E-state index is 0.191. The number of anilines is 1. The second kappa shape index (κ2) is 7.56. The fourth-order valence-corrected chi connectivity index (χ4v) is 3.35. The number of carbonyl (C=O) groups excluding carboxylic acids is 2. The Labute approximate surface area is 163 Å². The van der Waals surface area contributed by atoms with Crippen LogP contribution < -0.4 is 9.75 Å². The first-order chi connectivity index (χ1) is 13.7. The fourth-order valence-electron chi connectivity index (χ4n) is 3.35. The van der Waals surface area contributed by atoms with Crippen molar-refractivity contribution in [3.63, 3.8) is 0 Å². The van der Waals surface area contributed by atoms with Crippen LogP contribution in [0, 0.1) is 0 Å². The smallest absolute Gasteiger partial charge is 0.279 e. The van der Waals surface area contributed by atoms with Crippen LogP contribution in [0.4, 0.5) is 5.69 Å². The number of nitrogens with zero attached hydrogens (tertiary/aromatic N) is 2. The molecular formula is C23H20N2O3. The van der Waals surface area contributed by atoms with Gasteiger partial charge in [0.2, 0.25) is 5.91 Å². The molecule has 1 fully saturated rings. The van der Waals surface area contributed by atoms with E-state index in [0.717, 1.165) is 22.6 Å². The summed E-state index contributed by atoms with van der Waals surface area (Å²) in [5.74, 6) is 0.266. The number of imide groups is 1. The molecule has 1 aliphatic rings. The van der Waals surface area contributed by atoms with Crippen LogP contribution >= 0.6 is 0 Å². The van der Waals surface area contributed by atoms with Crippen LogP contribution in [0.5, 0.6) is 5.75 Å². The van der Waals surface area contributed by atoms with E-state index in [1.807, 2.05) is 72.8 Å². The molecule has 0 atom stereocenters. The van der Waals surface area contributed by atoms with Gasteiger partial charge >= 0.3 is 0 Å². The van der Waals surface area contributed by atoms with Crippen LogP contribution in [0.25, 0.3) is 11.1 Å². The number of hydrogen-bond donors (Lipinski definition) is 0. The Morgan fingerprint density at radius 1 is 0.893 bits per heavy atom. The molecule has 0 N–H and O–H groups in total. The van der Waals surface area contributed by atoms with Gasteiger partial charge in [-0.3, -0.25) is 14.6 Å². The average molecular weight is 372 g/mol. The third-order valence-electron chi connectivity index (χ3n) is 4.79. The molecule has 3 aromatic rings. The van der Waals surface area contributed by atoms with Crippen molar-refractivity contribution in [2.75, 3.05) is 18.7 Å². The van der Waals surface area contributed by atoms with Crippen molar-refractivity contribution in [3.8, 4) is 16.9 Å². The van der Waals surface area contributed by atoms with E-state index in [-0.39, 0.29) is 11.8 Å². The Morgan fingerprint density at radius 2 is 1.64 bits per heavy atom. The molecule has 0 unspecified atom stereocenters. The van der Waals surface area contributed by atoms with Gasteiger partial charge in [0, 0.05) is 18.5 Å². The highest BCUT2D eigenvalue weighted by Crippen LogP contribution is 2.27. The molecule has 2 amide bonds. The number of amides is 2. The minimum atomic E-state index is -0.318. The largest absolute Gasteiger partial charge is 0.497 e. The highest BCUT2D eigenvalue weighted by molar-refractivity contribution is 6.07. The molecule has 1 aliphatic heterocycles. The molecule has 4 rings (SSSR count). The lowest BCUT2D eigenvalue weighted by molar-refractivity contribution is -0.125. The second-order valence-corrected chi connectivity index (χ2v) is 6.53. The van der Waals surface area contributed by atoms with Crippen molar-refractivity contribution in [2.24, 2.45) is 0 Å². The summed E-state index contributed by atoms with van der Waals surface area (Å²) in [6, 6.07) is 24.5. The lowest BCUT2D eigenvalue weighted by atomic mass is 10.0. The summed E-state index contributed by atoms with van der Waals surface area (Å²) in [4.78, 5) is 25.6. The van der Waals surface area contributed by atoms with Crippen molar-refractivity contribution in [2.45, 2.75) is 6.42 Å². The number of hydrazine groups is 1. The van der Waals surface area contributed by atoms with Crippen molar-refractivity contribution in [3.05, 3.63) is 84.4 Å². The van der Waals surface area contributed by atoms with E-state index in [0.29, 0.717) is 18.5 Å². The van der Waals surface area contributed by atoms with Gasteiger partial charge in [-0.25, -0.2) is 0 Å². The Kier molecular flexibility index (Phi) is 4.81. The lowest BCUT2D eigenvalue weighted by Gasteiger charge is -2.28. The molecule has 0 spiro atoms. The summed E-state index contributed by atoms with van der Waals surface area (Å²) in [5, 5.41) is 2.99. The Morgan fingerprint density at radius 3 is 2.36 bits per heavy atom. The summed E-state index contributed by atoms with van der Waals surface area (Å²) in [6.45, 7) is 0.493. The third kappa shape index (κ3) is 3.34. The molecule has 5 nitrogen and oxygen atoms in total. The van der Waals surface area contributed by atoms with E-state index in [2.05, 4.69) is 0 Å². The Bertz CT molecular complexity index is 1000. The van der Waals surface area contributed by atoms with E-state index in [9.17, 15) is 9.59 Å². The maximum absolute atomic E-state index is 13.2. The van der Waals surface area contributed by atoms with Crippen molar-refractivity contribution in [1.82, 2.24) is 5.01 Å². The molecular weight excluding hydrogens is 352 g/mol. The first kappa shape index (κ1) is 17.8. The van der Waals surface area contributed by atoms with Gasteiger partial charge in [0.15, 0.2) is 0 Å². The number of para-hydroxylation sites is 1. The molecule has 5 heteroatoms. The van der Waals surface area contributed by atoms with Gasteiger partial charge in [-0.05, 0) is 47.5 Å². The molecule has 0 bridgehead atoms. The summed E-state index contributed by atoms with van der Waals surface area (Å²) in [7, 11) is 1.62. The number of hydrogen-bond acceptors (Lipinski definition) is 4. The molecule has 0 aromatic heterocycles. The van der Waals surface area contributed by atoms with E-state index < -0.39 is 0 Å². The van der Waals surface area contributed by atoms with E-state index in [1.54, 1.807) is 18.2 Å². The van der Waals surface area contributed by atoms with Crippen molar-refractivity contribution < 1.29 is 14.3 Å². The predicted molar refractivity (Wildman–Crippen MR) is 108 cm³/mol. The van der Waals surface area contributed by atoms with E-state index in [4.69, 9.17) is 4.74 Å². The standard InChI is InChI=1S/C23H20N2O3/c1-28-21-12-10-17(11-13-21)18-6-5-7-19(16-18)23(27)25-22(26)14-15-24(25)20-8-3-2-4-9-20/h2-13,16H,14-15H2,1H3. The summed E-state index contributed by atoms with van der Waals surface area (Å²) in [6.07, 6.45) is 0.318. The molecule has 1 saturated heterocycles. The molecule has 140 valence electrons. The Balaban J connectivity index is 1.64. The third-order valence-corrected chi connectivity index (χ3v) is 4.79. The monoisotopic (exact) mass is 372 g/mol. The highest BCUT2D eigenvalue weighted by Gasteiger charge is 2.35. The van der Waals surface area contributed by atoms with Crippen LogP contribution in [0.15, 0.2) is 78.9 Å². The average Bonchev–Trinajstić information content (AvgIpc) is 3.15. The van der Waals surface area contributed by atoms with Crippen LogP contribution in [0.1, 0.15) is 16.8 Å². The van der Waals surface area contributed by atoms with Gasteiger partial charge in [-0.15, -0.1) is 0 Å². The first-order valence-electron chi connectivity index (χ1n) is 9.11. The maximum Gasteiger partial charge on any atom is 0.279 e. The zero-order valence-corrected chi connectivity index (χ0v) is 15.5. The molecule has 1 heterocycles. The number of carbonyl (C=O) groups is 2. The van der Waals surface area contributed by atoms with E-state index in [1.165, 1.54) is 5.01 Å². The van der Waals surface area contributed by atoms with Gasteiger partial charge in [-0.2, -0.15) is 5.01 Å². The van der Waals surface area contributed by atoms with Gasteiger partial charge in [0.1, 0.15) is 5.75 Å². The van der Waals surface area contributed by atoms with Crippen LogP contribution in [0.3, 0.4) is 0 Å². The number of ether oxygens (including phenoxy) is 1. The minimum Gasteiger partial charge on any atom is -0.497 e. The van der Waals surface area contributed by atoms with Crippen molar-refractivity contribution >= 4 is 17.5 Å². The highest BCUT2D eigenvalue weighted by atomic mass is 16.5. The molecule has 0 radical (unpaired) electrons. The zero-order valence-electron chi connectivity index (χ0n) is 15.5. The van der Waals surface area contributed by atoms with Gasteiger partial charge in [0.25, 0.3) is 5.91 Å².